The minimum Gasteiger partial charge on any atom is -0.340 e. The summed E-state index contributed by atoms with van der Waals surface area (Å²) in [7, 11) is 0. The van der Waals surface area contributed by atoms with Gasteiger partial charge in [0.05, 0.1) is 17.3 Å². The lowest BCUT2D eigenvalue weighted by Crippen LogP contribution is -2.51. The van der Waals surface area contributed by atoms with Crippen molar-refractivity contribution < 1.29 is 9.59 Å². The molecule has 0 aliphatic carbocycles. The van der Waals surface area contributed by atoms with E-state index in [1.54, 1.807) is 12.1 Å². The van der Waals surface area contributed by atoms with Crippen LogP contribution in [-0.4, -0.2) is 66.9 Å². The highest BCUT2D eigenvalue weighted by molar-refractivity contribution is 6.33. The summed E-state index contributed by atoms with van der Waals surface area (Å²) in [4.78, 5) is 28.5. The summed E-state index contributed by atoms with van der Waals surface area (Å²) >= 11 is 6.06. The predicted octanol–water partition coefficient (Wildman–Crippen LogP) is 2.41. The van der Waals surface area contributed by atoms with Crippen LogP contribution in [0.5, 0.6) is 0 Å². The molecule has 2 N–H and O–H groups in total. The van der Waals surface area contributed by atoms with E-state index >= 15 is 0 Å². The lowest BCUT2D eigenvalue weighted by atomic mass is 10.1. The van der Waals surface area contributed by atoms with Crippen molar-refractivity contribution in [1.29, 1.82) is 0 Å². The molecule has 0 bridgehead atoms. The van der Waals surface area contributed by atoms with Gasteiger partial charge in [0.1, 0.15) is 0 Å². The van der Waals surface area contributed by atoms with Gasteiger partial charge in [-0.2, -0.15) is 0 Å². The van der Waals surface area contributed by atoms with Crippen molar-refractivity contribution in [2.75, 3.05) is 44.6 Å². The topological polar surface area (TPSA) is 64.7 Å². The van der Waals surface area contributed by atoms with Gasteiger partial charge in [0, 0.05) is 38.6 Å². The fourth-order valence-corrected chi connectivity index (χ4v) is 3.56. The van der Waals surface area contributed by atoms with Crippen molar-refractivity contribution in [3.05, 3.63) is 29.3 Å². The Morgan fingerprint density at radius 3 is 2.48 bits per heavy atom. The molecule has 0 saturated carbocycles. The van der Waals surface area contributed by atoms with Gasteiger partial charge in [-0.15, -0.1) is 24.8 Å². The number of nitrogens with one attached hydrogen (secondary N) is 2. The minimum absolute atomic E-state index is 0. The van der Waals surface area contributed by atoms with Gasteiger partial charge in [-0.1, -0.05) is 23.7 Å². The third kappa shape index (κ3) is 7.12. The Kier molecular flexibility index (Phi) is 10.4. The zero-order chi connectivity index (χ0) is 17.6. The van der Waals surface area contributed by atoms with E-state index in [4.69, 9.17) is 11.6 Å². The van der Waals surface area contributed by atoms with E-state index in [1.807, 2.05) is 17.0 Å². The van der Waals surface area contributed by atoms with Crippen molar-refractivity contribution >= 4 is 53.9 Å². The van der Waals surface area contributed by atoms with E-state index in [0.29, 0.717) is 42.8 Å². The highest BCUT2D eigenvalue weighted by Crippen LogP contribution is 2.20. The molecular formula is C18H27Cl3N4O2. The summed E-state index contributed by atoms with van der Waals surface area (Å²) in [6.07, 6.45) is 2.84. The molecule has 2 aliphatic rings. The molecule has 6 nitrogen and oxygen atoms in total. The van der Waals surface area contributed by atoms with Crippen LogP contribution in [0.25, 0.3) is 0 Å². The second-order valence-corrected chi connectivity index (χ2v) is 7.09. The molecule has 9 heteroatoms. The second kappa shape index (κ2) is 11.7. The van der Waals surface area contributed by atoms with Crippen LogP contribution in [0.4, 0.5) is 5.69 Å². The monoisotopic (exact) mass is 436 g/mol. The number of hydrogen-bond acceptors (Lipinski definition) is 4. The van der Waals surface area contributed by atoms with E-state index < -0.39 is 0 Å². The molecule has 0 aromatic heterocycles. The van der Waals surface area contributed by atoms with Gasteiger partial charge in [0.25, 0.3) is 0 Å². The first-order chi connectivity index (χ1) is 12.1. The first-order valence-corrected chi connectivity index (χ1v) is 9.27. The van der Waals surface area contributed by atoms with Gasteiger partial charge in [-0.25, -0.2) is 0 Å². The molecule has 2 heterocycles. The maximum absolute atomic E-state index is 12.3. The number of piperazine rings is 1. The number of benzene rings is 1. The number of para-hydroxylation sites is 1. The van der Waals surface area contributed by atoms with Gasteiger partial charge in [-0.3, -0.25) is 14.5 Å². The summed E-state index contributed by atoms with van der Waals surface area (Å²) in [5.74, 6) is 0.141. The molecule has 3 rings (SSSR count). The van der Waals surface area contributed by atoms with Gasteiger partial charge in [0.15, 0.2) is 0 Å². The quantitative estimate of drug-likeness (QED) is 0.742. The van der Waals surface area contributed by atoms with Crippen molar-refractivity contribution in [1.82, 2.24) is 15.1 Å². The van der Waals surface area contributed by atoms with Crippen molar-refractivity contribution in [3.8, 4) is 0 Å². The number of carbonyl (C=O) groups excluding carboxylic acids is 2. The summed E-state index contributed by atoms with van der Waals surface area (Å²) in [6, 6.07) is 7.54. The molecule has 1 aromatic carbocycles. The van der Waals surface area contributed by atoms with Crippen LogP contribution in [0.15, 0.2) is 24.3 Å². The summed E-state index contributed by atoms with van der Waals surface area (Å²) < 4.78 is 0. The van der Waals surface area contributed by atoms with Crippen LogP contribution in [-0.2, 0) is 9.59 Å². The Labute approximate surface area is 177 Å². The average molecular weight is 438 g/mol. The normalized spacial score (nSPS) is 19.7. The smallest absolute Gasteiger partial charge is 0.238 e. The van der Waals surface area contributed by atoms with Crippen molar-refractivity contribution in [3.63, 3.8) is 0 Å². The molecule has 1 unspecified atom stereocenters. The summed E-state index contributed by atoms with van der Waals surface area (Å²) in [6.45, 7) is 4.15. The molecular weight excluding hydrogens is 411 g/mol. The van der Waals surface area contributed by atoms with Crippen molar-refractivity contribution in [2.45, 2.75) is 25.3 Å². The first-order valence-electron chi connectivity index (χ1n) is 8.90. The number of anilines is 1. The fourth-order valence-electron chi connectivity index (χ4n) is 3.38. The number of halogens is 3. The van der Waals surface area contributed by atoms with Gasteiger partial charge < -0.3 is 15.5 Å². The lowest BCUT2D eigenvalue weighted by Gasteiger charge is -2.34. The Balaban J connectivity index is 0.00000182. The van der Waals surface area contributed by atoms with Crippen LogP contribution in [0, 0.1) is 0 Å². The number of carbonyl (C=O) groups is 2. The summed E-state index contributed by atoms with van der Waals surface area (Å²) in [5.41, 5.74) is 0.632. The number of hydrogen-bond donors (Lipinski definition) is 2. The van der Waals surface area contributed by atoms with Crippen LogP contribution in [0.2, 0.25) is 5.02 Å². The predicted molar refractivity (Wildman–Crippen MR) is 113 cm³/mol. The van der Waals surface area contributed by atoms with Crippen LogP contribution in [0.1, 0.15) is 19.3 Å². The number of amides is 2. The third-order valence-corrected chi connectivity index (χ3v) is 5.15. The Bertz CT molecular complexity index is 618. The standard InChI is InChI=1S/C18H25ClN4O2.2ClH/c19-15-5-1-2-6-16(15)21-17(24)13-22-8-10-23(11-9-22)18(25)12-14-4-3-7-20-14;;/h1-2,5-6,14,20H,3-4,7-13H2,(H,21,24);2*1H. The molecule has 2 fully saturated rings. The Morgan fingerprint density at radius 2 is 1.85 bits per heavy atom. The van der Waals surface area contributed by atoms with E-state index in [-0.39, 0.29) is 36.6 Å². The van der Waals surface area contributed by atoms with Gasteiger partial charge in [0.2, 0.25) is 11.8 Å². The van der Waals surface area contributed by atoms with Crippen molar-refractivity contribution in [2.24, 2.45) is 0 Å². The summed E-state index contributed by atoms with van der Waals surface area (Å²) in [5, 5.41) is 6.74. The molecule has 0 radical (unpaired) electrons. The highest BCUT2D eigenvalue weighted by Gasteiger charge is 2.25. The molecule has 1 atom stereocenters. The molecule has 152 valence electrons. The number of nitrogens with zero attached hydrogens (tertiary/aromatic N) is 2. The fraction of sp³-hybridized carbons (Fsp3) is 0.556. The van der Waals surface area contributed by atoms with E-state index in [9.17, 15) is 9.59 Å². The molecule has 0 spiro atoms. The lowest BCUT2D eigenvalue weighted by molar-refractivity contribution is -0.133. The third-order valence-electron chi connectivity index (χ3n) is 4.82. The van der Waals surface area contributed by atoms with Crippen LogP contribution >= 0.6 is 36.4 Å². The Morgan fingerprint density at radius 1 is 1.15 bits per heavy atom. The molecule has 2 saturated heterocycles. The molecule has 27 heavy (non-hydrogen) atoms. The number of rotatable bonds is 5. The van der Waals surface area contributed by atoms with E-state index in [0.717, 1.165) is 32.5 Å². The zero-order valence-corrected chi connectivity index (χ0v) is 17.5. The zero-order valence-electron chi connectivity index (χ0n) is 15.2. The maximum atomic E-state index is 12.3. The van der Waals surface area contributed by atoms with E-state index in [2.05, 4.69) is 15.5 Å². The first kappa shape index (κ1) is 24.0. The second-order valence-electron chi connectivity index (χ2n) is 6.68. The van der Waals surface area contributed by atoms with Crippen LogP contribution < -0.4 is 10.6 Å². The maximum Gasteiger partial charge on any atom is 0.238 e. The Hall–Kier alpha value is -1.05. The van der Waals surface area contributed by atoms with Crippen LogP contribution in [0.3, 0.4) is 0 Å². The largest absolute Gasteiger partial charge is 0.340 e. The van der Waals surface area contributed by atoms with Gasteiger partial charge >= 0.3 is 0 Å². The molecule has 2 aliphatic heterocycles. The molecule has 1 aromatic rings. The molecule has 2 amide bonds. The van der Waals surface area contributed by atoms with E-state index in [1.165, 1.54) is 0 Å². The SMILES string of the molecule is Cl.Cl.O=C(CN1CCN(C(=O)CC2CCCN2)CC1)Nc1ccccc1Cl. The van der Waals surface area contributed by atoms with Gasteiger partial charge in [-0.05, 0) is 31.5 Å². The minimum atomic E-state index is -0.0805. The average Bonchev–Trinajstić information content (AvgIpc) is 3.10. The highest BCUT2D eigenvalue weighted by atomic mass is 35.5.